The van der Waals surface area contributed by atoms with E-state index in [0.29, 0.717) is 10.6 Å². The van der Waals surface area contributed by atoms with E-state index in [0.717, 1.165) is 18.3 Å². The monoisotopic (exact) mass is 586 g/mol. The van der Waals surface area contributed by atoms with Crippen molar-refractivity contribution >= 4 is 35.0 Å². The predicted octanol–water partition coefficient (Wildman–Crippen LogP) is 5.96. The molecule has 4 rings (SSSR count). The number of hydrogen-bond donors (Lipinski definition) is 1. The maximum absolute atomic E-state index is 14.0. The molecule has 39 heavy (non-hydrogen) atoms. The van der Waals surface area contributed by atoms with E-state index in [1.165, 1.54) is 11.0 Å². The number of amides is 2. The number of halogens is 7. The Kier molecular flexibility index (Phi) is 8.70. The molecule has 206 valence electrons. The molecule has 3 aromatic rings. The summed E-state index contributed by atoms with van der Waals surface area (Å²) in [5, 5.41) is 3.23. The molecule has 1 fully saturated rings. The third-order valence-electron chi connectivity index (χ3n) is 6.38. The summed E-state index contributed by atoms with van der Waals surface area (Å²) >= 11 is 11.9. The Labute approximate surface area is 230 Å². The van der Waals surface area contributed by atoms with Crippen molar-refractivity contribution in [1.29, 1.82) is 0 Å². The second-order valence-corrected chi connectivity index (χ2v) is 9.77. The fourth-order valence-electron chi connectivity index (χ4n) is 4.31. The summed E-state index contributed by atoms with van der Waals surface area (Å²) in [6, 6.07) is 8.04. The van der Waals surface area contributed by atoms with E-state index in [4.69, 9.17) is 23.2 Å². The minimum absolute atomic E-state index is 0.0235. The van der Waals surface area contributed by atoms with E-state index >= 15 is 0 Å². The number of alkyl halides is 3. The number of hydrogen-bond acceptors (Lipinski definition) is 4. The van der Waals surface area contributed by atoms with E-state index < -0.39 is 47.8 Å². The zero-order chi connectivity index (χ0) is 28.3. The molecular formula is C26H21Cl2F5N4O2. The highest BCUT2D eigenvalue weighted by Gasteiger charge is 2.37. The van der Waals surface area contributed by atoms with Crippen LogP contribution in [0.5, 0.6) is 0 Å². The summed E-state index contributed by atoms with van der Waals surface area (Å²) in [6.07, 6.45) is -4.10. The van der Waals surface area contributed by atoms with Gasteiger partial charge in [0.15, 0.2) is 0 Å². The summed E-state index contributed by atoms with van der Waals surface area (Å²) in [6.45, 7) is 0.236. The van der Waals surface area contributed by atoms with Gasteiger partial charge in [0.1, 0.15) is 11.6 Å². The molecule has 0 saturated carbocycles. The van der Waals surface area contributed by atoms with E-state index in [2.05, 4.69) is 15.3 Å². The van der Waals surface area contributed by atoms with Gasteiger partial charge in [0.05, 0.1) is 27.7 Å². The largest absolute Gasteiger partial charge is 0.451 e. The Balaban J connectivity index is 1.49. The quantitative estimate of drug-likeness (QED) is 0.362. The molecule has 2 aromatic carbocycles. The number of piperidine rings is 1. The van der Waals surface area contributed by atoms with Crippen LogP contribution in [0.1, 0.15) is 51.8 Å². The predicted molar refractivity (Wildman–Crippen MR) is 133 cm³/mol. The topological polar surface area (TPSA) is 75.2 Å². The van der Waals surface area contributed by atoms with E-state index in [1.54, 1.807) is 18.2 Å². The number of likely N-dealkylation sites (tertiary alicyclic amines) is 1. The van der Waals surface area contributed by atoms with Gasteiger partial charge in [-0.15, -0.1) is 0 Å². The molecule has 13 heteroatoms. The molecule has 2 heterocycles. The lowest BCUT2D eigenvalue weighted by atomic mass is 9.90. The molecule has 0 unspecified atom stereocenters. The zero-order valence-electron chi connectivity index (χ0n) is 20.2. The van der Waals surface area contributed by atoms with Crippen LogP contribution in [-0.4, -0.2) is 39.8 Å². The Morgan fingerprint density at radius 1 is 1.03 bits per heavy atom. The second kappa shape index (κ2) is 11.8. The van der Waals surface area contributed by atoms with Crippen LogP contribution in [0.25, 0.3) is 0 Å². The Morgan fingerprint density at radius 2 is 1.69 bits per heavy atom. The highest BCUT2D eigenvalue weighted by Crippen LogP contribution is 2.33. The van der Waals surface area contributed by atoms with Gasteiger partial charge >= 0.3 is 6.18 Å². The smallest absolute Gasteiger partial charge is 0.348 e. The summed E-state index contributed by atoms with van der Waals surface area (Å²) in [5.41, 5.74) is 0.0545. The van der Waals surface area contributed by atoms with Crippen LogP contribution in [0, 0.1) is 11.6 Å². The third-order valence-corrected chi connectivity index (χ3v) is 7.12. The molecule has 1 aliphatic heterocycles. The van der Waals surface area contributed by atoms with Gasteiger partial charge in [0.2, 0.25) is 11.7 Å². The van der Waals surface area contributed by atoms with Crippen molar-refractivity contribution in [2.45, 2.75) is 37.9 Å². The summed E-state index contributed by atoms with van der Waals surface area (Å²) in [7, 11) is 0. The minimum Gasteiger partial charge on any atom is -0.348 e. The zero-order valence-corrected chi connectivity index (χ0v) is 21.7. The van der Waals surface area contributed by atoms with Gasteiger partial charge in [0, 0.05) is 37.3 Å². The van der Waals surface area contributed by atoms with Crippen LogP contribution < -0.4 is 5.32 Å². The average molecular weight is 587 g/mol. The molecule has 0 spiro atoms. The first kappa shape index (κ1) is 28.7. The van der Waals surface area contributed by atoms with Crippen molar-refractivity contribution < 1.29 is 31.5 Å². The highest BCUT2D eigenvalue weighted by atomic mass is 35.5. The molecule has 0 bridgehead atoms. The molecule has 1 aliphatic rings. The van der Waals surface area contributed by atoms with Crippen molar-refractivity contribution in [3.05, 3.63) is 92.5 Å². The lowest BCUT2D eigenvalue weighted by molar-refractivity contribution is -0.145. The van der Waals surface area contributed by atoms with Crippen molar-refractivity contribution in [3.63, 3.8) is 0 Å². The lowest BCUT2D eigenvalue weighted by Gasteiger charge is -2.32. The first-order valence-electron chi connectivity index (χ1n) is 11.8. The molecule has 1 saturated heterocycles. The van der Waals surface area contributed by atoms with Crippen molar-refractivity contribution in [2.24, 2.45) is 0 Å². The average Bonchev–Trinajstić information content (AvgIpc) is 2.90. The van der Waals surface area contributed by atoms with Crippen molar-refractivity contribution in [2.75, 3.05) is 13.1 Å². The molecule has 6 nitrogen and oxygen atoms in total. The van der Waals surface area contributed by atoms with Crippen LogP contribution in [0.3, 0.4) is 0 Å². The maximum atomic E-state index is 14.0. The van der Waals surface area contributed by atoms with Gasteiger partial charge in [-0.05, 0) is 42.7 Å². The minimum atomic E-state index is -4.83. The summed E-state index contributed by atoms with van der Waals surface area (Å²) < 4.78 is 68.1. The van der Waals surface area contributed by atoms with Gasteiger partial charge in [-0.2, -0.15) is 13.2 Å². The Morgan fingerprint density at radius 3 is 2.31 bits per heavy atom. The fourth-order valence-corrected chi connectivity index (χ4v) is 4.63. The number of carbonyl (C=O) groups excluding carboxylic acids is 2. The van der Waals surface area contributed by atoms with Gasteiger partial charge in [-0.25, -0.2) is 18.7 Å². The number of benzene rings is 2. The second-order valence-electron chi connectivity index (χ2n) is 8.95. The van der Waals surface area contributed by atoms with Gasteiger partial charge in [-0.3, -0.25) is 9.59 Å². The lowest BCUT2D eigenvalue weighted by Crippen LogP contribution is -2.39. The van der Waals surface area contributed by atoms with E-state index in [1.807, 2.05) is 0 Å². The van der Waals surface area contributed by atoms with Crippen LogP contribution >= 0.6 is 23.2 Å². The molecule has 0 atom stereocenters. The summed E-state index contributed by atoms with van der Waals surface area (Å²) in [5.74, 6) is -4.85. The molecule has 1 aromatic heterocycles. The SMILES string of the molecule is O=C(NCc1ccc(Cl)c(Cl)c1)c1cnc(C(F)(F)F)nc1C1CCN(C(=O)Cc2c(F)cccc2F)CC1. The molecule has 0 aliphatic carbocycles. The van der Waals surface area contributed by atoms with E-state index in [-0.39, 0.29) is 54.3 Å². The third kappa shape index (κ3) is 6.83. The maximum Gasteiger partial charge on any atom is 0.451 e. The van der Waals surface area contributed by atoms with Crippen LogP contribution in [0.2, 0.25) is 10.0 Å². The van der Waals surface area contributed by atoms with E-state index in [9.17, 15) is 31.5 Å². The first-order chi connectivity index (χ1) is 18.4. The molecule has 1 N–H and O–H groups in total. The van der Waals surface area contributed by atoms with Crippen molar-refractivity contribution in [1.82, 2.24) is 20.2 Å². The number of rotatable bonds is 6. The van der Waals surface area contributed by atoms with Crippen LogP contribution in [0.15, 0.2) is 42.6 Å². The normalized spacial score (nSPS) is 14.4. The van der Waals surface area contributed by atoms with Crippen molar-refractivity contribution in [3.8, 4) is 0 Å². The Bertz CT molecular complexity index is 1370. The Hall–Kier alpha value is -3.31. The molecule has 2 amide bonds. The van der Waals surface area contributed by atoms with Gasteiger partial charge in [-0.1, -0.05) is 35.3 Å². The summed E-state index contributed by atoms with van der Waals surface area (Å²) in [4.78, 5) is 34.1. The fraction of sp³-hybridized carbons (Fsp3) is 0.308. The number of aromatic nitrogens is 2. The van der Waals surface area contributed by atoms with Gasteiger partial charge in [0.25, 0.3) is 5.91 Å². The van der Waals surface area contributed by atoms with Crippen LogP contribution in [-0.2, 0) is 23.9 Å². The van der Waals surface area contributed by atoms with Crippen LogP contribution in [0.4, 0.5) is 22.0 Å². The standard InChI is InChI=1S/C26H21Cl2F5N4O2/c27-18-5-4-14(10-19(18)28)12-34-24(39)17-13-35-25(26(31,32)33)36-23(17)15-6-8-37(9-7-15)22(38)11-16-20(29)2-1-3-21(16)30/h1-5,10,13,15H,6-9,11-12H2,(H,34,39). The highest BCUT2D eigenvalue weighted by molar-refractivity contribution is 6.42. The first-order valence-corrected chi connectivity index (χ1v) is 12.6. The number of nitrogens with zero attached hydrogens (tertiary/aromatic N) is 3. The number of nitrogens with one attached hydrogen (secondary N) is 1. The molecule has 0 radical (unpaired) electrons. The van der Waals surface area contributed by atoms with Gasteiger partial charge < -0.3 is 10.2 Å². The number of carbonyl (C=O) groups is 2. The molecular weight excluding hydrogens is 566 g/mol.